The lowest BCUT2D eigenvalue weighted by Gasteiger charge is -2.17. The third kappa shape index (κ3) is 7.16. The fourth-order valence-corrected chi connectivity index (χ4v) is 3.59. The SMILES string of the molecule is CCCCCCCCCCCC(=O)Nc1ccn([C@@H]2O[C@H](CO)[C@@H](O)[C@H]2O)c(=O)n1. The van der Waals surface area contributed by atoms with Crippen molar-refractivity contribution in [2.45, 2.75) is 95.7 Å². The lowest BCUT2D eigenvalue weighted by Crippen LogP contribution is -2.36. The van der Waals surface area contributed by atoms with Gasteiger partial charge >= 0.3 is 5.69 Å². The van der Waals surface area contributed by atoms with Gasteiger partial charge in [0.05, 0.1) is 6.61 Å². The number of unbranched alkanes of at least 4 members (excludes halogenated alkanes) is 8. The van der Waals surface area contributed by atoms with Crippen molar-refractivity contribution in [3.8, 4) is 0 Å². The van der Waals surface area contributed by atoms with E-state index in [1.807, 2.05) is 0 Å². The number of ether oxygens (including phenoxy) is 1. The number of amides is 1. The van der Waals surface area contributed by atoms with Gasteiger partial charge in [-0.15, -0.1) is 0 Å². The lowest BCUT2D eigenvalue weighted by atomic mass is 10.1. The number of nitrogens with one attached hydrogen (secondary N) is 1. The summed E-state index contributed by atoms with van der Waals surface area (Å²) in [7, 11) is 0. The van der Waals surface area contributed by atoms with E-state index in [2.05, 4.69) is 17.2 Å². The van der Waals surface area contributed by atoms with Crippen LogP contribution in [0.2, 0.25) is 0 Å². The highest BCUT2D eigenvalue weighted by molar-refractivity contribution is 5.89. The monoisotopic (exact) mass is 425 g/mol. The summed E-state index contributed by atoms with van der Waals surface area (Å²) < 4.78 is 6.35. The number of carbonyl (C=O) groups is 1. The topological polar surface area (TPSA) is 134 Å². The van der Waals surface area contributed by atoms with Gasteiger partial charge in [-0.05, 0) is 12.5 Å². The van der Waals surface area contributed by atoms with E-state index in [4.69, 9.17) is 9.84 Å². The molecule has 0 bridgehead atoms. The molecule has 0 radical (unpaired) electrons. The summed E-state index contributed by atoms with van der Waals surface area (Å²) in [5.74, 6) is -0.0700. The molecule has 30 heavy (non-hydrogen) atoms. The zero-order chi connectivity index (χ0) is 21.9. The molecule has 1 fully saturated rings. The molecule has 1 aromatic heterocycles. The number of hydrogen-bond donors (Lipinski definition) is 4. The Labute approximate surface area is 177 Å². The first-order valence-electron chi connectivity index (χ1n) is 11.0. The van der Waals surface area contributed by atoms with Crippen LogP contribution in [0.5, 0.6) is 0 Å². The van der Waals surface area contributed by atoms with E-state index in [1.165, 1.54) is 50.8 Å². The highest BCUT2D eigenvalue weighted by Crippen LogP contribution is 2.28. The lowest BCUT2D eigenvalue weighted by molar-refractivity contribution is -0.116. The third-order valence-electron chi connectivity index (χ3n) is 5.40. The van der Waals surface area contributed by atoms with Crippen LogP contribution in [0.25, 0.3) is 0 Å². The van der Waals surface area contributed by atoms with Crippen molar-refractivity contribution in [3.63, 3.8) is 0 Å². The predicted octanol–water partition coefficient (Wildman–Crippen LogP) is 1.71. The van der Waals surface area contributed by atoms with Gasteiger partial charge in [-0.3, -0.25) is 9.36 Å². The van der Waals surface area contributed by atoms with Crippen LogP contribution in [0.15, 0.2) is 17.1 Å². The molecule has 2 heterocycles. The molecule has 0 aliphatic carbocycles. The first kappa shape index (κ1) is 24.5. The summed E-state index contributed by atoms with van der Waals surface area (Å²) in [5.41, 5.74) is -0.731. The molecule has 1 saturated heterocycles. The van der Waals surface area contributed by atoms with E-state index in [-0.39, 0.29) is 11.7 Å². The Bertz CT molecular complexity index is 710. The van der Waals surface area contributed by atoms with E-state index in [9.17, 15) is 19.8 Å². The molecule has 4 N–H and O–H groups in total. The number of aliphatic hydroxyl groups excluding tert-OH is 3. The van der Waals surface area contributed by atoms with Crippen molar-refractivity contribution < 1.29 is 24.9 Å². The molecule has 4 atom stereocenters. The van der Waals surface area contributed by atoms with E-state index < -0.39 is 36.8 Å². The molecular formula is C21H35N3O6. The van der Waals surface area contributed by atoms with Crippen LogP contribution in [0.1, 0.15) is 77.4 Å². The average Bonchev–Trinajstić information content (AvgIpc) is 3.01. The van der Waals surface area contributed by atoms with Crippen molar-refractivity contribution >= 4 is 11.7 Å². The van der Waals surface area contributed by atoms with E-state index >= 15 is 0 Å². The quantitative estimate of drug-likeness (QED) is 0.354. The number of carbonyl (C=O) groups excluding carboxylic acids is 1. The second kappa shape index (κ2) is 12.8. The number of aliphatic hydroxyl groups is 3. The number of hydrogen-bond acceptors (Lipinski definition) is 7. The normalized spacial score (nSPS) is 23.6. The summed E-state index contributed by atoms with van der Waals surface area (Å²) in [4.78, 5) is 28.1. The summed E-state index contributed by atoms with van der Waals surface area (Å²) in [5, 5.41) is 31.6. The molecule has 0 spiro atoms. The number of aromatic nitrogens is 2. The molecule has 0 saturated carbocycles. The highest BCUT2D eigenvalue weighted by atomic mass is 16.6. The van der Waals surface area contributed by atoms with Crippen LogP contribution in [0.3, 0.4) is 0 Å². The molecule has 2 rings (SSSR count). The van der Waals surface area contributed by atoms with Gasteiger partial charge in [0.1, 0.15) is 24.1 Å². The van der Waals surface area contributed by atoms with Crippen LogP contribution < -0.4 is 11.0 Å². The standard InChI is InChI=1S/C21H35N3O6/c1-2-3-4-5-6-7-8-9-10-11-17(26)22-16-12-13-24(21(29)23-16)20-19(28)18(27)15(14-25)30-20/h12-13,15,18-20,25,27-28H,2-11,14H2,1H3,(H,22,23,26,29)/t15-,18-,19-,20-/m1/s1. The smallest absolute Gasteiger partial charge is 0.351 e. The minimum absolute atomic E-state index is 0.129. The Morgan fingerprint density at radius 3 is 2.30 bits per heavy atom. The highest BCUT2D eigenvalue weighted by Gasteiger charge is 2.43. The number of rotatable bonds is 13. The van der Waals surface area contributed by atoms with Crippen LogP contribution >= 0.6 is 0 Å². The van der Waals surface area contributed by atoms with E-state index in [0.29, 0.717) is 6.42 Å². The van der Waals surface area contributed by atoms with E-state index in [1.54, 1.807) is 0 Å². The van der Waals surface area contributed by atoms with Crippen molar-refractivity contribution in [3.05, 3.63) is 22.7 Å². The Morgan fingerprint density at radius 1 is 1.10 bits per heavy atom. The molecule has 9 nitrogen and oxygen atoms in total. The average molecular weight is 426 g/mol. The second-order valence-corrected chi connectivity index (χ2v) is 7.86. The first-order chi connectivity index (χ1) is 14.5. The van der Waals surface area contributed by atoms with Gasteiger partial charge in [-0.1, -0.05) is 58.3 Å². The molecule has 1 amide bonds. The predicted molar refractivity (Wildman–Crippen MR) is 112 cm³/mol. The van der Waals surface area contributed by atoms with Gasteiger partial charge in [-0.2, -0.15) is 4.98 Å². The van der Waals surface area contributed by atoms with Gasteiger partial charge in [0.2, 0.25) is 5.91 Å². The second-order valence-electron chi connectivity index (χ2n) is 7.86. The molecule has 9 heteroatoms. The zero-order valence-electron chi connectivity index (χ0n) is 17.7. The fourth-order valence-electron chi connectivity index (χ4n) is 3.59. The van der Waals surface area contributed by atoms with Gasteiger partial charge in [0.15, 0.2) is 6.23 Å². The maximum Gasteiger partial charge on any atom is 0.351 e. The Balaban J connectivity index is 1.73. The van der Waals surface area contributed by atoms with Gasteiger partial charge < -0.3 is 25.4 Å². The molecular weight excluding hydrogens is 390 g/mol. The molecule has 1 aliphatic heterocycles. The van der Waals surface area contributed by atoms with Crippen LogP contribution in [0.4, 0.5) is 5.82 Å². The van der Waals surface area contributed by atoms with Crippen LogP contribution in [0, 0.1) is 0 Å². The van der Waals surface area contributed by atoms with Gasteiger partial charge in [0, 0.05) is 12.6 Å². The number of anilines is 1. The summed E-state index contributed by atoms with van der Waals surface area (Å²) in [6, 6.07) is 1.43. The zero-order valence-corrected chi connectivity index (χ0v) is 17.7. The Hall–Kier alpha value is -1.81. The van der Waals surface area contributed by atoms with Crippen LogP contribution in [-0.2, 0) is 9.53 Å². The molecule has 1 aliphatic rings. The maximum atomic E-state index is 12.2. The molecule has 0 aromatic carbocycles. The largest absolute Gasteiger partial charge is 0.394 e. The molecule has 1 aromatic rings. The van der Waals surface area contributed by atoms with Crippen molar-refractivity contribution in [2.75, 3.05) is 11.9 Å². The summed E-state index contributed by atoms with van der Waals surface area (Å²) in [6.45, 7) is 1.72. The fraction of sp³-hybridized carbons (Fsp3) is 0.762. The first-order valence-corrected chi connectivity index (χ1v) is 11.0. The Kier molecular flexibility index (Phi) is 10.4. The summed E-state index contributed by atoms with van der Waals surface area (Å²) in [6.07, 6.45) is 7.43. The van der Waals surface area contributed by atoms with Crippen molar-refractivity contribution in [2.24, 2.45) is 0 Å². The summed E-state index contributed by atoms with van der Waals surface area (Å²) >= 11 is 0. The van der Waals surface area contributed by atoms with Gasteiger partial charge in [-0.25, -0.2) is 4.79 Å². The maximum absolute atomic E-state index is 12.2. The molecule has 170 valence electrons. The Morgan fingerprint density at radius 2 is 1.73 bits per heavy atom. The van der Waals surface area contributed by atoms with Crippen molar-refractivity contribution in [1.29, 1.82) is 0 Å². The minimum atomic E-state index is -1.37. The van der Waals surface area contributed by atoms with Crippen molar-refractivity contribution in [1.82, 2.24) is 9.55 Å². The van der Waals surface area contributed by atoms with Crippen LogP contribution in [-0.4, -0.2) is 55.7 Å². The third-order valence-corrected chi connectivity index (χ3v) is 5.40. The van der Waals surface area contributed by atoms with Gasteiger partial charge in [0.25, 0.3) is 0 Å². The number of nitrogens with zero attached hydrogens (tertiary/aromatic N) is 2. The molecule has 0 unspecified atom stereocenters. The van der Waals surface area contributed by atoms with E-state index in [0.717, 1.165) is 23.8 Å². The minimum Gasteiger partial charge on any atom is -0.394 e.